The Morgan fingerprint density at radius 3 is 2.78 bits per heavy atom. The number of nitrogens with zero attached hydrogens (tertiary/aromatic N) is 2. The Morgan fingerprint density at radius 2 is 2.09 bits per heavy atom. The summed E-state index contributed by atoms with van der Waals surface area (Å²) in [4.78, 5) is 16.9. The van der Waals surface area contributed by atoms with Crippen molar-refractivity contribution in [1.29, 1.82) is 0 Å². The second kappa shape index (κ2) is 5.49. The number of aliphatic hydroxyl groups excluding tert-OH is 1. The minimum absolute atomic E-state index is 0.0297. The number of fused-ring (bicyclic) bond motifs is 2. The molecule has 1 aromatic heterocycles. The summed E-state index contributed by atoms with van der Waals surface area (Å²) in [5, 5.41) is 13.1. The highest BCUT2D eigenvalue weighted by Crippen LogP contribution is 2.31. The largest absolute Gasteiger partial charge is 0.394 e. The Bertz CT molecular complexity index is 712. The van der Waals surface area contributed by atoms with E-state index in [1.54, 1.807) is 0 Å². The van der Waals surface area contributed by atoms with Crippen molar-refractivity contribution in [1.82, 2.24) is 14.9 Å². The zero-order valence-corrected chi connectivity index (χ0v) is 13.0. The molecule has 2 N–H and O–H groups in total. The number of aryl methyl sites for hydroxylation is 1. The van der Waals surface area contributed by atoms with E-state index in [1.807, 2.05) is 24.7 Å². The SMILES string of the molecule is O=C(NC1(CO)Cc2ccccc2C1)C1CCn2cncc2C1. The fourth-order valence-corrected chi connectivity index (χ4v) is 3.89. The molecule has 23 heavy (non-hydrogen) atoms. The molecule has 2 aliphatic rings. The van der Waals surface area contributed by atoms with Crippen molar-refractivity contribution >= 4 is 5.91 Å². The summed E-state index contributed by atoms with van der Waals surface area (Å²) in [6.07, 6.45) is 6.62. The summed E-state index contributed by atoms with van der Waals surface area (Å²) in [6.45, 7) is 0.803. The summed E-state index contributed by atoms with van der Waals surface area (Å²) in [5.74, 6) is 0.0191. The molecular formula is C18H21N3O2. The lowest BCUT2D eigenvalue weighted by Crippen LogP contribution is -2.54. The molecule has 1 amide bonds. The van der Waals surface area contributed by atoms with E-state index in [0.717, 1.165) is 25.1 Å². The lowest BCUT2D eigenvalue weighted by molar-refractivity contribution is -0.128. The van der Waals surface area contributed by atoms with Gasteiger partial charge in [-0.15, -0.1) is 0 Å². The number of aromatic nitrogens is 2. The summed E-state index contributed by atoms with van der Waals surface area (Å²) in [5.41, 5.74) is 3.02. The maximum atomic E-state index is 12.7. The lowest BCUT2D eigenvalue weighted by Gasteiger charge is -2.31. The van der Waals surface area contributed by atoms with Crippen LogP contribution in [-0.2, 0) is 30.6 Å². The van der Waals surface area contributed by atoms with Crippen molar-refractivity contribution in [2.75, 3.05) is 6.61 Å². The van der Waals surface area contributed by atoms with Gasteiger partial charge in [-0.1, -0.05) is 24.3 Å². The van der Waals surface area contributed by atoms with Gasteiger partial charge in [0.05, 0.1) is 18.5 Å². The third-order valence-corrected chi connectivity index (χ3v) is 5.21. The molecule has 120 valence electrons. The number of rotatable bonds is 3. The van der Waals surface area contributed by atoms with Gasteiger partial charge >= 0.3 is 0 Å². The molecule has 1 aliphatic heterocycles. The molecule has 1 aliphatic carbocycles. The first-order valence-corrected chi connectivity index (χ1v) is 8.18. The third-order valence-electron chi connectivity index (χ3n) is 5.21. The van der Waals surface area contributed by atoms with Crippen molar-refractivity contribution in [2.45, 2.75) is 37.8 Å². The third kappa shape index (κ3) is 2.55. The number of carbonyl (C=O) groups excluding carboxylic acids is 1. The summed E-state index contributed by atoms with van der Waals surface area (Å²) in [7, 11) is 0. The van der Waals surface area contributed by atoms with E-state index in [0.29, 0.717) is 12.8 Å². The van der Waals surface area contributed by atoms with Crippen LogP contribution in [0.1, 0.15) is 23.2 Å². The van der Waals surface area contributed by atoms with E-state index in [2.05, 4.69) is 27.0 Å². The average molecular weight is 311 g/mol. The van der Waals surface area contributed by atoms with Crippen LogP contribution in [0.25, 0.3) is 0 Å². The predicted molar refractivity (Wildman–Crippen MR) is 85.8 cm³/mol. The van der Waals surface area contributed by atoms with Gasteiger partial charge in [0.15, 0.2) is 0 Å². The number of benzene rings is 1. The molecule has 1 aromatic carbocycles. The smallest absolute Gasteiger partial charge is 0.224 e. The highest BCUT2D eigenvalue weighted by Gasteiger charge is 2.39. The Morgan fingerprint density at radius 1 is 1.35 bits per heavy atom. The van der Waals surface area contributed by atoms with Gasteiger partial charge in [0.1, 0.15) is 0 Å². The molecule has 2 aromatic rings. The van der Waals surface area contributed by atoms with Crippen LogP contribution in [0, 0.1) is 5.92 Å². The van der Waals surface area contributed by atoms with Gasteiger partial charge in [0, 0.05) is 30.8 Å². The van der Waals surface area contributed by atoms with E-state index in [1.165, 1.54) is 11.1 Å². The van der Waals surface area contributed by atoms with Crippen LogP contribution >= 0.6 is 0 Å². The first-order chi connectivity index (χ1) is 11.2. The van der Waals surface area contributed by atoms with Crippen LogP contribution in [0.4, 0.5) is 0 Å². The van der Waals surface area contributed by atoms with Gasteiger partial charge in [-0.25, -0.2) is 4.98 Å². The molecule has 5 nitrogen and oxygen atoms in total. The molecule has 1 unspecified atom stereocenters. The van der Waals surface area contributed by atoms with E-state index < -0.39 is 5.54 Å². The molecule has 0 saturated carbocycles. The number of hydrogen-bond acceptors (Lipinski definition) is 3. The van der Waals surface area contributed by atoms with Gasteiger partial charge in [0.2, 0.25) is 5.91 Å². The van der Waals surface area contributed by atoms with Crippen molar-refractivity contribution in [2.24, 2.45) is 5.92 Å². The Hall–Kier alpha value is -2.14. The van der Waals surface area contributed by atoms with Crippen LogP contribution in [0.2, 0.25) is 0 Å². The van der Waals surface area contributed by atoms with E-state index >= 15 is 0 Å². The highest BCUT2D eigenvalue weighted by molar-refractivity contribution is 5.80. The number of amides is 1. The fraction of sp³-hybridized carbons (Fsp3) is 0.444. The quantitative estimate of drug-likeness (QED) is 0.892. The molecular weight excluding hydrogens is 290 g/mol. The number of aliphatic hydroxyl groups is 1. The summed E-state index contributed by atoms with van der Waals surface area (Å²) < 4.78 is 2.11. The van der Waals surface area contributed by atoms with E-state index in [4.69, 9.17) is 0 Å². The lowest BCUT2D eigenvalue weighted by atomic mass is 9.91. The molecule has 0 radical (unpaired) electrons. The first kappa shape index (κ1) is 14.5. The van der Waals surface area contributed by atoms with Crippen LogP contribution < -0.4 is 5.32 Å². The Labute approximate surface area is 135 Å². The van der Waals surface area contributed by atoms with Crippen LogP contribution in [0.5, 0.6) is 0 Å². The van der Waals surface area contributed by atoms with Gasteiger partial charge in [-0.3, -0.25) is 4.79 Å². The molecule has 5 heteroatoms. The van der Waals surface area contributed by atoms with Crippen molar-refractivity contribution in [3.05, 3.63) is 53.6 Å². The van der Waals surface area contributed by atoms with Crippen molar-refractivity contribution in [3.63, 3.8) is 0 Å². The molecule has 0 fully saturated rings. The molecule has 0 saturated heterocycles. The topological polar surface area (TPSA) is 67.2 Å². The highest BCUT2D eigenvalue weighted by atomic mass is 16.3. The zero-order chi connectivity index (χ0) is 15.9. The van der Waals surface area contributed by atoms with Crippen molar-refractivity contribution in [3.8, 4) is 0 Å². The monoisotopic (exact) mass is 311 g/mol. The number of imidazole rings is 1. The van der Waals surface area contributed by atoms with Crippen molar-refractivity contribution < 1.29 is 9.90 Å². The standard InChI is InChI=1S/C18H21N3O2/c22-11-18(8-14-3-1-2-4-15(14)9-18)20-17(23)13-5-6-21-12-19-10-16(21)7-13/h1-4,10,12-13,22H,5-9,11H2,(H,20,23). The zero-order valence-electron chi connectivity index (χ0n) is 13.0. The predicted octanol–water partition coefficient (Wildman–Crippen LogP) is 1.09. The first-order valence-electron chi connectivity index (χ1n) is 8.18. The van der Waals surface area contributed by atoms with Gasteiger partial charge < -0.3 is 15.0 Å². The second-order valence-electron chi connectivity index (χ2n) is 6.82. The molecule has 1 atom stereocenters. The van der Waals surface area contributed by atoms with Gasteiger partial charge in [0.25, 0.3) is 0 Å². The Balaban J connectivity index is 1.48. The van der Waals surface area contributed by atoms with Crippen LogP contribution in [0.15, 0.2) is 36.8 Å². The van der Waals surface area contributed by atoms with E-state index in [9.17, 15) is 9.90 Å². The molecule has 4 rings (SSSR count). The average Bonchev–Trinajstić information content (AvgIpc) is 3.18. The molecule has 2 heterocycles. The number of carbonyl (C=O) groups is 1. The van der Waals surface area contributed by atoms with Gasteiger partial charge in [-0.2, -0.15) is 0 Å². The summed E-state index contributed by atoms with van der Waals surface area (Å²) in [6, 6.07) is 8.18. The maximum absolute atomic E-state index is 12.7. The summed E-state index contributed by atoms with van der Waals surface area (Å²) >= 11 is 0. The number of nitrogens with one attached hydrogen (secondary N) is 1. The number of hydrogen-bond donors (Lipinski definition) is 2. The Kier molecular flexibility index (Phi) is 3.45. The minimum Gasteiger partial charge on any atom is -0.394 e. The maximum Gasteiger partial charge on any atom is 0.224 e. The van der Waals surface area contributed by atoms with E-state index in [-0.39, 0.29) is 18.4 Å². The van der Waals surface area contributed by atoms with Crippen LogP contribution in [-0.4, -0.2) is 32.7 Å². The normalized spacial score (nSPS) is 21.5. The van der Waals surface area contributed by atoms with Crippen LogP contribution in [0.3, 0.4) is 0 Å². The molecule has 0 spiro atoms. The minimum atomic E-state index is -0.543. The fourth-order valence-electron chi connectivity index (χ4n) is 3.89. The molecule has 0 bridgehead atoms. The van der Waals surface area contributed by atoms with Gasteiger partial charge in [-0.05, 0) is 30.4 Å². The second-order valence-corrected chi connectivity index (χ2v) is 6.82.